The van der Waals surface area contributed by atoms with E-state index in [0.29, 0.717) is 19.3 Å². The van der Waals surface area contributed by atoms with Gasteiger partial charge in [0.2, 0.25) is 0 Å². The number of unbranched alkanes of at least 4 members (excludes halogenated alkanes) is 51. The Morgan fingerprint density at radius 3 is 0.667 bits per heavy atom. The van der Waals surface area contributed by atoms with E-state index in [1.165, 1.54) is 289 Å². The second-order valence-electron chi connectivity index (χ2n) is 23.5. The van der Waals surface area contributed by atoms with Crippen molar-refractivity contribution in [2.75, 3.05) is 13.2 Å². The second-order valence-corrected chi connectivity index (χ2v) is 23.5. The van der Waals surface area contributed by atoms with Crippen molar-refractivity contribution in [2.45, 2.75) is 399 Å². The van der Waals surface area contributed by atoms with Gasteiger partial charge in [-0.3, -0.25) is 14.4 Å². The largest absolute Gasteiger partial charge is 0.462 e. The number of allylic oxidation sites excluding steroid dienone is 2. The van der Waals surface area contributed by atoms with Crippen LogP contribution < -0.4 is 0 Å². The maximum atomic E-state index is 12.9. The summed E-state index contributed by atoms with van der Waals surface area (Å²) < 4.78 is 17.0. The number of hydrogen-bond acceptors (Lipinski definition) is 6. The molecule has 0 aromatic rings. The summed E-state index contributed by atoms with van der Waals surface area (Å²) >= 11 is 0. The first-order valence-electron chi connectivity index (χ1n) is 34.2. The number of ether oxygens (including phenoxy) is 3. The van der Waals surface area contributed by atoms with Crippen LogP contribution in [0, 0.1) is 0 Å². The molecule has 6 heteroatoms. The maximum Gasteiger partial charge on any atom is 0.306 e. The molecule has 0 aromatic carbocycles. The van der Waals surface area contributed by atoms with Crippen LogP contribution in [0.1, 0.15) is 393 Å². The van der Waals surface area contributed by atoms with Crippen molar-refractivity contribution in [3.05, 3.63) is 12.2 Å². The van der Waals surface area contributed by atoms with Gasteiger partial charge < -0.3 is 14.2 Å². The van der Waals surface area contributed by atoms with E-state index in [0.717, 1.165) is 64.2 Å². The van der Waals surface area contributed by atoms with E-state index in [-0.39, 0.29) is 31.1 Å². The fraction of sp³-hybridized carbons (Fsp3) is 0.928. The molecule has 444 valence electrons. The molecular formula is C69H132O6. The van der Waals surface area contributed by atoms with Crippen molar-refractivity contribution in [2.24, 2.45) is 0 Å². The predicted molar refractivity (Wildman–Crippen MR) is 326 cm³/mol. The Balaban J connectivity index is 4.28. The van der Waals surface area contributed by atoms with Crippen LogP contribution in [0.3, 0.4) is 0 Å². The first-order valence-corrected chi connectivity index (χ1v) is 34.2. The van der Waals surface area contributed by atoms with Crippen molar-refractivity contribution >= 4 is 17.9 Å². The molecule has 0 heterocycles. The molecule has 0 aromatic heterocycles. The van der Waals surface area contributed by atoms with Crippen molar-refractivity contribution < 1.29 is 28.6 Å². The van der Waals surface area contributed by atoms with Gasteiger partial charge in [-0.1, -0.05) is 341 Å². The minimum atomic E-state index is -0.769. The van der Waals surface area contributed by atoms with E-state index in [4.69, 9.17) is 14.2 Å². The summed E-state index contributed by atoms with van der Waals surface area (Å²) in [5.41, 5.74) is 0. The molecule has 1 unspecified atom stereocenters. The summed E-state index contributed by atoms with van der Waals surface area (Å²) in [4.78, 5) is 38.4. The van der Waals surface area contributed by atoms with Crippen LogP contribution in [0.4, 0.5) is 0 Å². The molecular weight excluding hydrogens is 925 g/mol. The fourth-order valence-corrected chi connectivity index (χ4v) is 10.6. The number of rotatable bonds is 64. The SMILES string of the molecule is CCCCCCCCC/C=C\CCCCCCCC(=O)OCC(COC(=O)CCCCCCCCCCCCCCCCCCCCCCC)OC(=O)CCCCCCCCCCCCCCCCCCCCCC. The van der Waals surface area contributed by atoms with Gasteiger partial charge in [-0.05, 0) is 44.9 Å². The Bertz CT molecular complexity index is 1170. The van der Waals surface area contributed by atoms with Crippen LogP contribution in [-0.4, -0.2) is 37.2 Å². The van der Waals surface area contributed by atoms with E-state index in [1.807, 2.05) is 0 Å². The zero-order chi connectivity index (χ0) is 54.3. The van der Waals surface area contributed by atoms with Crippen molar-refractivity contribution in [3.63, 3.8) is 0 Å². The highest BCUT2D eigenvalue weighted by molar-refractivity contribution is 5.71. The highest BCUT2D eigenvalue weighted by Gasteiger charge is 2.19. The molecule has 0 aliphatic rings. The Hall–Kier alpha value is -1.85. The van der Waals surface area contributed by atoms with Gasteiger partial charge in [0.1, 0.15) is 13.2 Å². The van der Waals surface area contributed by atoms with Gasteiger partial charge in [0.05, 0.1) is 0 Å². The Morgan fingerprint density at radius 1 is 0.253 bits per heavy atom. The molecule has 1 atom stereocenters. The van der Waals surface area contributed by atoms with Gasteiger partial charge in [0.25, 0.3) is 0 Å². The van der Waals surface area contributed by atoms with E-state index in [2.05, 4.69) is 32.9 Å². The number of hydrogen-bond donors (Lipinski definition) is 0. The van der Waals surface area contributed by atoms with E-state index < -0.39 is 6.10 Å². The standard InChI is InChI=1S/C69H132O6/c1-4-7-10-13-16-19-22-25-28-31-33-35-37-38-41-44-47-50-53-56-59-62-68(71)74-65-66(64-73-67(70)61-58-55-52-49-46-43-40-30-27-24-21-18-15-12-9-6-3)75-69(72)63-60-57-54-51-48-45-42-39-36-34-32-29-26-23-20-17-14-11-8-5-2/h30,40,66H,4-29,31-39,41-65H2,1-3H3/b40-30-. The van der Waals surface area contributed by atoms with Gasteiger partial charge >= 0.3 is 17.9 Å². The molecule has 0 rings (SSSR count). The molecule has 0 bridgehead atoms. The number of esters is 3. The Labute approximate surface area is 469 Å². The smallest absolute Gasteiger partial charge is 0.306 e. The summed E-state index contributed by atoms with van der Waals surface area (Å²) in [6, 6.07) is 0. The summed E-state index contributed by atoms with van der Waals surface area (Å²) in [7, 11) is 0. The molecule has 0 amide bonds. The van der Waals surface area contributed by atoms with Crippen LogP contribution in [0.25, 0.3) is 0 Å². The molecule has 0 saturated carbocycles. The minimum Gasteiger partial charge on any atom is -0.462 e. The van der Waals surface area contributed by atoms with Gasteiger partial charge in [0.15, 0.2) is 6.10 Å². The van der Waals surface area contributed by atoms with Crippen LogP contribution in [0.2, 0.25) is 0 Å². The summed E-state index contributed by atoms with van der Waals surface area (Å²) in [6.45, 7) is 6.72. The lowest BCUT2D eigenvalue weighted by Crippen LogP contribution is -2.30. The van der Waals surface area contributed by atoms with Gasteiger partial charge in [-0.15, -0.1) is 0 Å². The third-order valence-electron chi connectivity index (χ3n) is 15.8. The van der Waals surface area contributed by atoms with E-state index in [1.54, 1.807) is 0 Å². The normalized spacial score (nSPS) is 12.0. The summed E-state index contributed by atoms with van der Waals surface area (Å²) in [5.74, 6) is -0.839. The highest BCUT2D eigenvalue weighted by atomic mass is 16.6. The number of carbonyl (C=O) groups is 3. The molecule has 0 N–H and O–H groups in total. The maximum absolute atomic E-state index is 12.9. The van der Waals surface area contributed by atoms with Crippen molar-refractivity contribution in [1.82, 2.24) is 0 Å². The third-order valence-corrected chi connectivity index (χ3v) is 15.8. The lowest BCUT2D eigenvalue weighted by atomic mass is 10.0. The van der Waals surface area contributed by atoms with Crippen LogP contribution >= 0.6 is 0 Å². The zero-order valence-corrected chi connectivity index (χ0v) is 51.1. The molecule has 0 spiro atoms. The quantitative estimate of drug-likeness (QED) is 0.0261. The average molecular weight is 1060 g/mol. The molecule has 6 nitrogen and oxygen atoms in total. The zero-order valence-electron chi connectivity index (χ0n) is 51.1. The fourth-order valence-electron chi connectivity index (χ4n) is 10.6. The highest BCUT2D eigenvalue weighted by Crippen LogP contribution is 2.19. The van der Waals surface area contributed by atoms with Crippen LogP contribution in [-0.2, 0) is 28.6 Å². The van der Waals surface area contributed by atoms with Crippen molar-refractivity contribution in [3.8, 4) is 0 Å². The average Bonchev–Trinajstić information content (AvgIpc) is 3.41. The Kier molecular flexibility index (Phi) is 63.1. The monoisotopic (exact) mass is 1060 g/mol. The Morgan fingerprint density at radius 2 is 0.440 bits per heavy atom. The first-order chi connectivity index (χ1) is 37.0. The second kappa shape index (κ2) is 64.7. The summed E-state index contributed by atoms with van der Waals surface area (Å²) in [5, 5.41) is 0. The molecule has 0 radical (unpaired) electrons. The van der Waals surface area contributed by atoms with Crippen LogP contribution in [0.15, 0.2) is 12.2 Å². The minimum absolute atomic E-state index is 0.0656. The molecule has 0 aliphatic carbocycles. The molecule has 75 heavy (non-hydrogen) atoms. The number of carbonyl (C=O) groups excluding carboxylic acids is 3. The molecule has 0 fully saturated rings. The van der Waals surface area contributed by atoms with E-state index in [9.17, 15) is 14.4 Å². The molecule has 0 aliphatic heterocycles. The lowest BCUT2D eigenvalue weighted by molar-refractivity contribution is -0.167. The topological polar surface area (TPSA) is 78.9 Å². The van der Waals surface area contributed by atoms with Gasteiger partial charge in [-0.25, -0.2) is 0 Å². The summed E-state index contributed by atoms with van der Waals surface area (Å²) in [6.07, 6.45) is 76.6. The predicted octanol–water partition coefficient (Wildman–Crippen LogP) is 23.2. The van der Waals surface area contributed by atoms with Gasteiger partial charge in [-0.2, -0.15) is 0 Å². The first kappa shape index (κ1) is 73.2. The van der Waals surface area contributed by atoms with E-state index >= 15 is 0 Å². The molecule has 0 saturated heterocycles. The van der Waals surface area contributed by atoms with Crippen LogP contribution in [0.5, 0.6) is 0 Å². The van der Waals surface area contributed by atoms with Crippen molar-refractivity contribution in [1.29, 1.82) is 0 Å². The lowest BCUT2D eigenvalue weighted by Gasteiger charge is -2.18. The third kappa shape index (κ3) is 62.9. The van der Waals surface area contributed by atoms with Gasteiger partial charge in [0, 0.05) is 19.3 Å².